The van der Waals surface area contributed by atoms with Gasteiger partial charge in [-0.05, 0) is 51.4 Å². The van der Waals surface area contributed by atoms with Gasteiger partial charge in [0.15, 0.2) is 17.4 Å². The highest BCUT2D eigenvalue weighted by atomic mass is 16.7. The van der Waals surface area contributed by atoms with Crippen molar-refractivity contribution in [1.82, 2.24) is 0 Å². The first-order valence-corrected chi connectivity index (χ1v) is 16.5. The zero-order chi connectivity index (χ0) is 32.2. The van der Waals surface area contributed by atoms with Crippen LogP contribution in [0, 0.1) is 20.2 Å². The molecule has 3 saturated carbocycles. The lowest BCUT2D eigenvalue weighted by Crippen LogP contribution is -2.48. The van der Waals surface area contributed by atoms with E-state index in [9.17, 15) is 25.0 Å². The fraction of sp³-hybridized carbons (Fsp3) is 0.933. The molecule has 6 rings (SSSR count). The summed E-state index contributed by atoms with van der Waals surface area (Å²) in [6, 6.07) is 0. The smallest absolute Gasteiger partial charge is 0.411 e. The minimum Gasteiger partial charge on any atom is -0.411 e. The van der Waals surface area contributed by atoms with E-state index in [2.05, 4.69) is 5.16 Å². The standard InChI is InChI=1S/C10H16N2O6.C10H17NO3.C10H16O3/c13-11(14)9(12(15)16)3-1-5-10(6-2-4-9)17-7-8-18-10;12-11-9-3-1-5-10(6-2-4-9)13-7-8-14-10;11-9-3-1-5-10(6-2-4-9)12-7-8-13-10/h1-8H2;12H,1-8H2;1-8H2. The highest BCUT2D eigenvalue weighted by Gasteiger charge is 2.56. The molecule has 45 heavy (non-hydrogen) atoms. The summed E-state index contributed by atoms with van der Waals surface area (Å²) in [6.45, 7) is 3.93. The monoisotopic (exact) mass is 643 g/mol. The second-order valence-corrected chi connectivity index (χ2v) is 12.6. The van der Waals surface area contributed by atoms with Crippen LogP contribution >= 0.6 is 0 Å². The second-order valence-electron chi connectivity index (χ2n) is 12.6. The van der Waals surface area contributed by atoms with E-state index in [4.69, 9.17) is 33.6 Å². The van der Waals surface area contributed by atoms with Gasteiger partial charge in [0.2, 0.25) is 0 Å². The molecule has 0 aromatic rings. The molecular weight excluding hydrogens is 594 g/mol. The molecule has 15 nitrogen and oxygen atoms in total. The van der Waals surface area contributed by atoms with Crippen molar-refractivity contribution in [3.05, 3.63) is 20.2 Å². The van der Waals surface area contributed by atoms with Crippen LogP contribution in [-0.2, 0) is 33.2 Å². The van der Waals surface area contributed by atoms with Gasteiger partial charge in [0, 0.05) is 51.4 Å². The van der Waals surface area contributed by atoms with Gasteiger partial charge < -0.3 is 33.6 Å². The molecule has 1 N–H and O–H groups in total. The fourth-order valence-electron chi connectivity index (χ4n) is 7.15. The summed E-state index contributed by atoms with van der Waals surface area (Å²) < 4.78 is 33.6. The molecule has 0 radical (unpaired) electrons. The minimum absolute atomic E-state index is 0.0680. The maximum absolute atomic E-state index is 11.2. The van der Waals surface area contributed by atoms with Crippen LogP contribution in [0.3, 0.4) is 0 Å². The number of carbonyl (C=O) groups excluding carboxylic acids is 1. The van der Waals surface area contributed by atoms with Crippen molar-refractivity contribution in [2.45, 2.75) is 139 Å². The number of ketones is 1. The topological polar surface area (TPSA) is 191 Å². The number of hydrogen-bond acceptors (Lipinski definition) is 13. The normalized spacial score (nSPS) is 27.4. The van der Waals surface area contributed by atoms with Crippen molar-refractivity contribution in [3.63, 3.8) is 0 Å². The molecule has 3 aliphatic carbocycles. The van der Waals surface area contributed by atoms with E-state index in [0.29, 0.717) is 70.7 Å². The first-order chi connectivity index (χ1) is 21.7. The Balaban J connectivity index is 0.000000156. The molecule has 0 amide bonds. The summed E-state index contributed by atoms with van der Waals surface area (Å²) in [6.07, 6.45) is 12.1. The predicted octanol–water partition coefficient (Wildman–Crippen LogP) is 4.90. The van der Waals surface area contributed by atoms with E-state index < -0.39 is 21.3 Å². The van der Waals surface area contributed by atoms with Gasteiger partial charge in [-0.2, -0.15) is 0 Å². The summed E-state index contributed by atoms with van der Waals surface area (Å²) in [7, 11) is 0. The zero-order valence-electron chi connectivity index (χ0n) is 26.3. The Morgan fingerprint density at radius 1 is 0.533 bits per heavy atom. The van der Waals surface area contributed by atoms with Crippen LogP contribution in [0.15, 0.2) is 5.16 Å². The Bertz CT molecular complexity index is 964. The van der Waals surface area contributed by atoms with Crippen LogP contribution in [0.25, 0.3) is 0 Å². The minimum atomic E-state index is -2.03. The molecule has 3 saturated heterocycles. The molecule has 0 aromatic carbocycles. The van der Waals surface area contributed by atoms with Gasteiger partial charge in [0.1, 0.15) is 5.78 Å². The number of oxime groups is 1. The Hall–Kier alpha value is -2.30. The number of hydrogen-bond donors (Lipinski definition) is 1. The maximum Gasteiger partial charge on any atom is 0.458 e. The van der Waals surface area contributed by atoms with Gasteiger partial charge >= 0.3 is 5.66 Å². The Morgan fingerprint density at radius 2 is 0.844 bits per heavy atom. The van der Waals surface area contributed by atoms with E-state index in [-0.39, 0.29) is 24.4 Å². The third-order valence-electron chi connectivity index (χ3n) is 9.60. The Labute approximate surface area is 263 Å². The van der Waals surface area contributed by atoms with E-state index in [1.54, 1.807) is 0 Å². The summed E-state index contributed by atoms with van der Waals surface area (Å²) in [4.78, 5) is 31.7. The van der Waals surface area contributed by atoms with Gasteiger partial charge in [-0.1, -0.05) is 5.16 Å². The molecule has 0 bridgehead atoms. The Morgan fingerprint density at radius 3 is 1.16 bits per heavy atom. The number of nitro groups is 2. The van der Waals surface area contributed by atoms with Crippen molar-refractivity contribution in [2.24, 2.45) is 5.16 Å². The average molecular weight is 644 g/mol. The molecule has 6 aliphatic rings. The summed E-state index contributed by atoms with van der Waals surface area (Å²) in [5.74, 6) is -0.881. The van der Waals surface area contributed by atoms with E-state index in [0.717, 1.165) is 83.1 Å². The third-order valence-corrected chi connectivity index (χ3v) is 9.60. The van der Waals surface area contributed by atoms with Crippen molar-refractivity contribution in [1.29, 1.82) is 0 Å². The predicted molar refractivity (Wildman–Crippen MR) is 158 cm³/mol. The van der Waals surface area contributed by atoms with E-state index in [1.165, 1.54) is 0 Å². The van der Waals surface area contributed by atoms with Crippen LogP contribution < -0.4 is 0 Å². The molecule has 256 valence electrons. The molecule has 3 heterocycles. The summed E-state index contributed by atoms with van der Waals surface area (Å²) in [5, 5.41) is 34.0. The van der Waals surface area contributed by atoms with Gasteiger partial charge in [-0.3, -0.25) is 25.0 Å². The molecular formula is C30H49N3O12. The lowest BCUT2D eigenvalue weighted by Gasteiger charge is -2.30. The van der Waals surface area contributed by atoms with Gasteiger partial charge in [0.05, 0.1) is 68.0 Å². The van der Waals surface area contributed by atoms with E-state index in [1.807, 2.05) is 0 Å². The highest BCUT2D eigenvalue weighted by Crippen LogP contribution is 2.38. The lowest BCUT2D eigenvalue weighted by molar-refractivity contribution is -0.799. The number of carbonyl (C=O) groups is 1. The third kappa shape index (κ3) is 9.61. The summed E-state index contributed by atoms with van der Waals surface area (Å²) in [5.41, 5.74) is -1.11. The number of nitrogens with zero attached hydrogens (tertiary/aromatic N) is 3. The van der Waals surface area contributed by atoms with Crippen molar-refractivity contribution < 1.29 is 48.3 Å². The van der Waals surface area contributed by atoms with Crippen LogP contribution in [0.5, 0.6) is 0 Å². The molecule has 0 atom stereocenters. The molecule has 3 aliphatic heterocycles. The van der Waals surface area contributed by atoms with Gasteiger partial charge in [-0.25, -0.2) is 0 Å². The first-order valence-electron chi connectivity index (χ1n) is 16.5. The van der Waals surface area contributed by atoms with Crippen LogP contribution in [0.4, 0.5) is 0 Å². The van der Waals surface area contributed by atoms with Crippen molar-refractivity contribution in [3.8, 4) is 0 Å². The molecule has 0 unspecified atom stereocenters. The molecule has 0 aromatic heterocycles. The molecule has 6 fully saturated rings. The average Bonchev–Trinajstić information content (AvgIpc) is 3.75. The molecule has 3 spiro atoms. The number of rotatable bonds is 2. The number of ether oxygens (including phenoxy) is 6. The summed E-state index contributed by atoms with van der Waals surface area (Å²) >= 11 is 0. The zero-order valence-corrected chi connectivity index (χ0v) is 26.3. The van der Waals surface area contributed by atoms with Crippen molar-refractivity contribution in [2.75, 3.05) is 39.6 Å². The first kappa shape index (κ1) is 35.6. The Kier molecular flexibility index (Phi) is 13.0. The largest absolute Gasteiger partial charge is 0.458 e. The van der Waals surface area contributed by atoms with Crippen LogP contribution in [0.2, 0.25) is 0 Å². The van der Waals surface area contributed by atoms with Crippen LogP contribution in [-0.4, -0.2) is 89.2 Å². The second kappa shape index (κ2) is 16.5. The van der Waals surface area contributed by atoms with Crippen LogP contribution in [0.1, 0.15) is 116 Å². The molecule has 15 heteroatoms. The lowest BCUT2D eigenvalue weighted by atomic mass is 9.89. The quantitative estimate of drug-likeness (QED) is 0.186. The van der Waals surface area contributed by atoms with Crippen molar-refractivity contribution >= 4 is 11.5 Å². The highest BCUT2D eigenvalue weighted by molar-refractivity contribution is 5.83. The van der Waals surface area contributed by atoms with E-state index >= 15 is 0 Å². The SMILES string of the molecule is O=C1CCCC2(CCC1)OCCO2.O=[N+]([O-])C1([N+](=O)[O-])CCCC2(CCC1)OCCO2.ON=C1CCCC2(CCC1)OCCO2. The van der Waals surface area contributed by atoms with Gasteiger partial charge in [0.25, 0.3) is 0 Å². The van der Waals surface area contributed by atoms with Gasteiger partial charge in [-0.15, -0.1) is 0 Å². The fourth-order valence-corrected chi connectivity index (χ4v) is 7.15. The maximum atomic E-state index is 11.2. The number of Topliss-reactive ketones (excluding diaryl/α,β-unsaturated/α-hetero) is 1.